The third kappa shape index (κ3) is 53.9. The molecule has 6 nitrogen and oxygen atoms in total. The molecule has 67 heavy (non-hydrogen) atoms. The zero-order chi connectivity index (χ0) is 48.6. The Bertz CT molecular complexity index is 1210. The minimum absolute atomic E-state index is 0.0809. The maximum Gasteiger partial charge on any atom is 0.306 e. The summed E-state index contributed by atoms with van der Waals surface area (Å²) in [6.45, 7) is 6.52. The van der Waals surface area contributed by atoms with E-state index in [1.165, 1.54) is 154 Å². The van der Waals surface area contributed by atoms with Gasteiger partial charge in [0.25, 0.3) is 0 Å². The van der Waals surface area contributed by atoms with Gasteiger partial charge in [0.1, 0.15) is 13.2 Å². The highest BCUT2D eigenvalue weighted by atomic mass is 16.6. The number of esters is 3. The Hall–Kier alpha value is -2.89. The van der Waals surface area contributed by atoms with Gasteiger partial charge >= 0.3 is 17.9 Å². The molecule has 0 heterocycles. The highest BCUT2D eigenvalue weighted by molar-refractivity contribution is 5.71. The van der Waals surface area contributed by atoms with E-state index in [0.717, 1.165) is 96.3 Å². The third-order valence-corrected chi connectivity index (χ3v) is 12.5. The summed E-state index contributed by atoms with van der Waals surface area (Å²) in [4.78, 5) is 38.1. The molecule has 0 aliphatic rings. The monoisotopic (exact) mass is 937 g/mol. The van der Waals surface area contributed by atoms with Crippen LogP contribution in [0.1, 0.15) is 290 Å². The molecule has 0 radical (unpaired) electrons. The van der Waals surface area contributed by atoms with Crippen LogP contribution in [0.15, 0.2) is 60.8 Å². The van der Waals surface area contributed by atoms with E-state index >= 15 is 0 Å². The molecule has 0 aliphatic carbocycles. The SMILES string of the molecule is CC/C=C\C/C=C\C/C=C\C/C=C\C/C=C\CCCCCC(=O)OC[C@H](COC(=O)CCCCCCCCCCCCCCCCCCCCC)OC(=O)CCCCCCCCCCCCC. The number of unbranched alkanes of at least 4 members (excludes halogenated alkanes) is 31. The molecule has 0 aromatic rings. The molecule has 0 N–H and O–H groups in total. The largest absolute Gasteiger partial charge is 0.462 e. The number of rotatable bonds is 52. The number of hydrogen-bond donors (Lipinski definition) is 0. The van der Waals surface area contributed by atoms with E-state index in [-0.39, 0.29) is 31.1 Å². The summed E-state index contributed by atoms with van der Waals surface area (Å²) >= 11 is 0. The number of hydrogen-bond acceptors (Lipinski definition) is 6. The van der Waals surface area contributed by atoms with Crippen LogP contribution in [-0.4, -0.2) is 37.2 Å². The Kier molecular flexibility index (Phi) is 53.3. The van der Waals surface area contributed by atoms with Crippen LogP contribution in [0.2, 0.25) is 0 Å². The van der Waals surface area contributed by atoms with Gasteiger partial charge in [-0.2, -0.15) is 0 Å². The van der Waals surface area contributed by atoms with Gasteiger partial charge in [0.05, 0.1) is 0 Å². The zero-order valence-electron chi connectivity index (χ0n) is 44.4. The second-order valence-corrected chi connectivity index (χ2v) is 19.2. The van der Waals surface area contributed by atoms with Gasteiger partial charge in [-0.25, -0.2) is 0 Å². The first kappa shape index (κ1) is 64.1. The minimum Gasteiger partial charge on any atom is -0.462 e. The first-order chi connectivity index (χ1) is 33.0. The zero-order valence-corrected chi connectivity index (χ0v) is 44.4. The molecule has 0 bridgehead atoms. The quantitative estimate of drug-likeness (QED) is 0.0262. The van der Waals surface area contributed by atoms with Crippen molar-refractivity contribution in [3.63, 3.8) is 0 Å². The van der Waals surface area contributed by atoms with Crippen LogP contribution >= 0.6 is 0 Å². The molecule has 0 aliphatic heterocycles. The first-order valence-electron chi connectivity index (χ1n) is 28.8. The third-order valence-electron chi connectivity index (χ3n) is 12.5. The highest BCUT2D eigenvalue weighted by Crippen LogP contribution is 2.16. The summed E-state index contributed by atoms with van der Waals surface area (Å²) < 4.78 is 16.8. The predicted octanol–water partition coefficient (Wildman–Crippen LogP) is 19.2. The van der Waals surface area contributed by atoms with Crippen LogP contribution in [0.4, 0.5) is 0 Å². The van der Waals surface area contributed by atoms with Crippen LogP contribution in [0, 0.1) is 0 Å². The maximum atomic E-state index is 12.8. The molecule has 388 valence electrons. The van der Waals surface area contributed by atoms with Crippen LogP contribution < -0.4 is 0 Å². The normalized spacial score (nSPS) is 12.5. The molecule has 0 saturated carbocycles. The standard InChI is InChI=1S/C61H108O6/c1-4-7-10-13-16-19-22-24-26-28-30-32-34-36-39-41-44-47-50-53-59(62)65-56-58(67-61(64)55-52-49-46-43-38-21-18-15-12-9-6-3)57-66-60(63)54-51-48-45-42-40-37-35-33-31-29-27-25-23-20-17-14-11-8-5-2/h7,10,16,19,24,26,30,32,36,39,58H,4-6,8-9,11-15,17-18,20-23,25,27-29,31,33-35,37-38,40-57H2,1-3H3/b10-7-,19-16-,26-24-,32-30-,39-36-/t58-/m1/s1. The average Bonchev–Trinajstić information content (AvgIpc) is 3.33. The summed E-state index contributed by atoms with van der Waals surface area (Å²) in [5.74, 6) is -0.902. The molecular weight excluding hydrogens is 829 g/mol. The number of carbonyl (C=O) groups excluding carboxylic acids is 3. The Balaban J connectivity index is 4.33. The summed E-state index contributed by atoms with van der Waals surface area (Å²) in [5, 5.41) is 0. The fourth-order valence-corrected chi connectivity index (χ4v) is 8.24. The Morgan fingerprint density at radius 1 is 0.313 bits per heavy atom. The molecule has 0 aromatic carbocycles. The molecule has 0 rings (SSSR count). The van der Waals surface area contributed by atoms with Gasteiger partial charge in [-0.15, -0.1) is 0 Å². The Labute approximate surface area is 415 Å². The van der Waals surface area contributed by atoms with Crippen molar-refractivity contribution < 1.29 is 28.6 Å². The molecule has 6 heteroatoms. The lowest BCUT2D eigenvalue weighted by Gasteiger charge is -2.18. The van der Waals surface area contributed by atoms with Gasteiger partial charge in [0.2, 0.25) is 0 Å². The van der Waals surface area contributed by atoms with Crippen molar-refractivity contribution in [1.82, 2.24) is 0 Å². The lowest BCUT2D eigenvalue weighted by Crippen LogP contribution is -2.30. The molecule has 0 unspecified atom stereocenters. The molecule has 0 aromatic heterocycles. The van der Waals surface area contributed by atoms with Gasteiger partial charge in [-0.05, 0) is 64.2 Å². The highest BCUT2D eigenvalue weighted by Gasteiger charge is 2.19. The van der Waals surface area contributed by atoms with Crippen molar-refractivity contribution >= 4 is 17.9 Å². The van der Waals surface area contributed by atoms with E-state index < -0.39 is 6.10 Å². The molecule has 0 spiro atoms. The lowest BCUT2D eigenvalue weighted by atomic mass is 10.0. The van der Waals surface area contributed by atoms with Crippen LogP contribution in [0.5, 0.6) is 0 Å². The van der Waals surface area contributed by atoms with Crippen molar-refractivity contribution in [3.8, 4) is 0 Å². The van der Waals surface area contributed by atoms with Gasteiger partial charge < -0.3 is 14.2 Å². The second kappa shape index (κ2) is 55.7. The van der Waals surface area contributed by atoms with E-state index in [1.54, 1.807) is 0 Å². The molecule has 0 saturated heterocycles. The Morgan fingerprint density at radius 3 is 0.910 bits per heavy atom. The van der Waals surface area contributed by atoms with Crippen LogP contribution in [0.3, 0.4) is 0 Å². The van der Waals surface area contributed by atoms with E-state index in [1.807, 2.05) is 0 Å². The van der Waals surface area contributed by atoms with E-state index in [9.17, 15) is 14.4 Å². The molecule has 0 amide bonds. The smallest absolute Gasteiger partial charge is 0.306 e. The van der Waals surface area contributed by atoms with Crippen LogP contribution in [-0.2, 0) is 28.6 Å². The topological polar surface area (TPSA) is 78.9 Å². The van der Waals surface area contributed by atoms with E-state index in [2.05, 4.69) is 81.5 Å². The van der Waals surface area contributed by atoms with E-state index in [0.29, 0.717) is 19.3 Å². The van der Waals surface area contributed by atoms with Gasteiger partial charge in [0, 0.05) is 19.3 Å². The molecule has 0 fully saturated rings. The summed E-state index contributed by atoms with van der Waals surface area (Å²) in [7, 11) is 0. The van der Waals surface area contributed by atoms with Crippen molar-refractivity contribution in [2.24, 2.45) is 0 Å². The first-order valence-corrected chi connectivity index (χ1v) is 28.8. The van der Waals surface area contributed by atoms with E-state index in [4.69, 9.17) is 14.2 Å². The summed E-state index contributed by atoms with van der Waals surface area (Å²) in [5.41, 5.74) is 0. The molecular formula is C61H108O6. The van der Waals surface area contributed by atoms with Crippen LogP contribution in [0.25, 0.3) is 0 Å². The fraction of sp³-hybridized carbons (Fsp3) is 0.787. The Morgan fingerprint density at radius 2 is 0.582 bits per heavy atom. The van der Waals surface area contributed by atoms with Crippen molar-refractivity contribution in [3.05, 3.63) is 60.8 Å². The average molecular weight is 938 g/mol. The van der Waals surface area contributed by atoms with Crippen molar-refractivity contribution in [2.45, 2.75) is 297 Å². The summed E-state index contributed by atoms with van der Waals surface area (Å²) in [6, 6.07) is 0. The minimum atomic E-state index is -0.784. The number of ether oxygens (including phenoxy) is 3. The van der Waals surface area contributed by atoms with Gasteiger partial charge in [-0.1, -0.05) is 268 Å². The maximum absolute atomic E-state index is 12.8. The van der Waals surface area contributed by atoms with Crippen molar-refractivity contribution in [2.75, 3.05) is 13.2 Å². The number of carbonyl (C=O) groups is 3. The molecule has 1 atom stereocenters. The lowest BCUT2D eigenvalue weighted by molar-refractivity contribution is -0.167. The predicted molar refractivity (Wildman–Crippen MR) is 288 cm³/mol. The second-order valence-electron chi connectivity index (χ2n) is 19.2. The van der Waals surface area contributed by atoms with Gasteiger partial charge in [0.15, 0.2) is 6.10 Å². The number of allylic oxidation sites excluding steroid dienone is 10. The van der Waals surface area contributed by atoms with Gasteiger partial charge in [-0.3, -0.25) is 14.4 Å². The summed E-state index contributed by atoms with van der Waals surface area (Å²) in [6.07, 6.45) is 69.3. The fourth-order valence-electron chi connectivity index (χ4n) is 8.24. The van der Waals surface area contributed by atoms with Crippen molar-refractivity contribution in [1.29, 1.82) is 0 Å².